The number of unbranched alkanes of at least 4 members (excludes halogenated alkanes) is 48. The van der Waals surface area contributed by atoms with Crippen molar-refractivity contribution < 1.29 is 71.0 Å². The molecule has 396 valence electrons. The van der Waals surface area contributed by atoms with Gasteiger partial charge in [0.25, 0.3) is 0 Å². The Kier molecular flexibility index (Phi) is 76.6. The third kappa shape index (κ3) is 83.0. The van der Waals surface area contributed by atoms with Crippen molar-refractivity contribution >= 4 is 17.9 Å². The molecular weight excluding hydrogens is 958 g/mol. The van der Waals surface area contributed by atoms with Gasteiger partial charge in [0.15, 0.2) is 0 Å². The van der Waals surface area contributed by atoms with E-state index in [1.54, 1.807) is 0 Å². The molecule has 0 rings (SSSR count). The van der Waals surface area contributed by atoms with Crippen LogP contribution in [0.3, 0.4) is 0 Å². The molecule has 0 heterocycles. The van der Waals surface area contributed by atoms with Crippen molar-refractivity contribution in [2.24, 2.45) is 0 Å². The molecule has 0 atom stereocenters. The Hall–Kier alpha value is -0.226. The van der Waals surface area contributed by atoms with Gasteiger partial charge < -0.3 is 29.7 Å². The van der Waals surface area contributed by atoms with E-state index in [4.69, 9.17) is 0 Å². The average molecular weight is 1080 g/mol. The summed E-state index contributed by atoms with van der Waals surface area (Å²) in [4.78, 5) is 30.7. The van der Waals surface area contributed by atoms with E-state index in [0.717, 1.165) is 38.5 Å². The van der Waals surface area contributed by atoms with Gasteiger partial charge in [-0.15, -0.1) is 0 Å². The van der Waals surface area contributed by atoms with Crippen molar-refractivity contribution in [3.63, 3.8) is 0 Å². The maximum atomic E-state index is 10.2. The Morgan fingerprint density at radius 2 is 0.284 bits per heavy atom. The molecule has 0 aromatic heterocycles. The van der Waals surface area contributed by atoms with Crippen molar-refractivity contribution in [1.29, 1.82) is 0 Å². The summed E-state index contributed by atoms with van der Waals surface area (Å²) in [6.07, 6.45) is 68.4. The van der Waals surface area contributed by atoms with Crippen LogP contribution < -0.4 is 15.3 Å². The second-order valence-corrected chi connectivity index (χ2v) is 20.3. The van der Waals surface area contributed by atoms with E-state index in [2.05, 4.69) is 20.8 Å². The molecule has 0 radical (unpaired) electrons. The second kappa shape index (κ2) is 70.0. The van der Waals surface area contributed by atoms with Crippen LogP contribution in [-0.2, 0) is 14.4 Å². The molecule has 0 unspecified atom stereocenters. The molecule has 0 fully saturated rings. The van der Waals surface area contributed by atoms with Gasteiger partial charge in [-0.2, -0.15) is 0 Å². The van der Waals surface area contributed by atoms with Crippen molar-refractivity contribution in [3.8, 4) is 0 Å². The summed E-state index contributed by atoms with van der Waals surface area (Å²) in [6, 6.07) is 0. The van der Waals surface area contributed by atoms with Gasteiger partial charge in [0.2, 0.25) is 0 Å². The quantitative estimate of drug-likeness (QED) is 0.0560. The Bertz CT molecular complexity index is 799. The number of carbonyl (C=O) groups excluding carboxylic acids is 3. The molecule has 0 saturated carbocycles. The van der Waals surface area contributed by atoms with E-state index in [9.17, 15) is 29.7 Å². The van der Waals surface area contributed by atoms with E-state index in [-0.39, 0.29) is 60.6 Å². The van der Waals surface area contributed by atoms with E-state index in [1.807, 2.05) is 0 Å². The first-order chi connectivity index (χ1) is 32.3. The molecule has 7 heteroatoms. The van der Waals surface area contributed by atoms with E-state index in [1.165, 1.54) is 289 Å². The minimum atomic E-state index is -0.902. The first-order valence-corrected chi connectivity index (χ1v) is 29.9. The fraction of sp³-hybridized carbons (Fsp3) is 0.950. The summed E-state index contributed by atoms with van der Waals surface area (Å²) in [5.41, 5.74) is 0. The van der Waals surface area contributed by atoms with Crippen LogP contribution in [-0.4, -0.2) is 17.9 Å². The maximum Gasteiger partial charge on any atom is 3.00 e. The fourth-order valence-electron chi connectivity index (χ4n) is 8.98. The third-order valence-corrected chi connectivity index (χ3v) is 13.5. The van der Waals surface area contributed by atoms with Gasteiger partial charge in [-0.1, -0.05) is 329 Å². The van der Waals surface area contributed by atoms with Gasteiger partial charge in [0.1, 0.15) is 0 Å². The van der Waals surface area contributed by atoms with Gasteiger partial charge in [0.05, 0.1) is 0 Å². The minimum absolute atomic E-state index is 0. The number of carboxylic acid groups (broad SMARTS) is 3. The summed E-state index contributed by atoms with van der Waals surface area (Å²) >= 11 is 0. The van der Waals surface area contributed by atoms with Crippen LogP contribution in [0.25, 0.3) is 0 Å². The maximum absolute atomic E-state index is 10.2. The van der Waals surface area contributed by atoms with Crippen LogP contribution in [0.15, 0.2) is 0 Å². The predicted molar refractivity (Wildman–Crippen MR) is 281 cm³/mol. The van der Waals surface area contributed by atoms with Crippen LogP contribution in [0.1, 0.15) is 367 Å². The SMILES string of the molecule is CCCCCCCCCCCCCCCCCCCC(=O)[O-].CCCCCCCCCCCCCCCCCCCC(=O)[O-].CCCCCCCCCCCCCCCCCCCC(=O)[O-].[Pr+3]. The topological polar surface area (TPSA) is 120 Å². The van der Waals surface area contributed by atoms with Crippen LogP contribution >= 0.6 is 0 Å². The van der Waals surface area contributed by atoms with Gasteiger partial charge in [0, 0.05) is 17.9 Å². The summed E-state index contributed by atoms with van der Waals surface area (Å²) in [5.74, 6) is -2.71. The minimum Gasteiger partial charge on any atom is -0.550 e. The van der Waals surface area contributed by atoms with Gasteiger partial charge in [-0.25, -0.2) is 0 Å². The molecule has 0 spiro atoms. The van der Waals surface area contributed by atoms with Gasteiger partial charge >= 0.3 is 41.3 Å². The molecule has 0 aliphatic carbocycles. The van der Waals surface area contributed by atoms with Crippen molar-refractivity contribution in [1.82, 2.24) is 0 Å². The smallest absolute Gasteiger partial charge is 0.550 e. The molecule has 0 aliphatic rings. The zero-order valence-corrected chi connectivity index (χ0v) is 49.4. The molecule has 6 nitrogen and oxygen atoms in total. The van der Waals surface area contributed by atoms with Crippen LogP contribution in [0.2, 0.25) is 0 Å². The molecule has 0 amide bonds. The van der Waals surface area contributed by atoms with Crippen molar-refractivity contribution in [2.75, 3.05) is 0 Å². The third-order valence-electron chi connectivity index (χ3n) is 13.5. The number of rotatable bonds is 54. The van der Waals surface area contributed by atoms with Crippen LogP contribution in [0.5, 0.6) is 0 Å². The molecule has 0 N–H and O–H groups in total. The number of carbonyl (C=O) groups is 3. The summed E-state index contributed by atoms with van der Waals surface area (Å²) in [5, 5.41) is 30.7. The summed E-state index contributed by atoms with van der Waals surface area (Å²) < 4.78 is 0. The monoisotopic (exact) mass is 1070 g/mol. The largest absolute Gasteiger partial charge is 3.00 e. The van der Waals surface area contributed by atoms with Crippen LogP contribution in [0, 0.1) is 41.3 Å². The number of hydrogen-bond acceptors (Lipinski definition) is 6. The van der Waals surface area contributed by atoms with Crippen molar-refractivity contribution in [3.05, 3.63) is 0 Å². The molecule has 67 heavy (non-hydrogen) atoms. The first kappa shape index (κ1) is 73.3. The molecule has 0 aromatic carbocycles. The number of carboxylic acids is 3. The fourth-order valence-corrected chi connectivity index (χ4v) is 8.98. The number of aliphatic carboxylic acids is 3. The molecule has 0 bridgehead atoms. The molecule has 0 aromatic rings. The Morgan fingerprint density at radius 3 is 0.373 bits per heavy atom. The Balaban J connectivity index is -0.000000441. The molecule has 0 saturated heterocycles. The van der Waals surface area contributed by atoms with E-state index in [0.29, 0.717) is 0 Å². The second-order valence-electron chi connectivity index (χ2n) is 20.3. The zero-order chi connectivity index (χ0) is 48.9. The van der Waals surface area contributed by atoms with Gasteiger partial charge in [-0.05, 0) is 38.5 Å². The van der Waals surface area contributed by atoms with Crippen LogP contribution in [0.4, 0.5) is 0 Å². The molecule has 0 aliphatic heterocycles. The summed E-state index contributed by atoms with van der Waals surface area (Å²) in [7, 11) is 0. The Morgan fingerprint density at radius 1 is 0.194 bits per heavy atom. The first-order valence-electron chi connectivity index (χ1n) is 29.9. The Labute approximate surface area is 453 Å². The van der Waals surface area contributed by atoms with E-state index >= 15 is 0 Å². The van der Waals surface area contributed by atoms with Crippen molar-refractivity contribution in [2.45, 2.75) is 367 Å². The average Bonchev–Trinajstić information content (AvgIpc) is 3.29. The molecular formula is C60H117O6Pr. The predicted octanol–water partition coefficient (Wildman–Crippen LogP) is 17.3. The zero-order valence-electron chi connectivity index (χ0n) is 45.7. The summed E-state index contributed by atoms with van der Waals surface area (Å²) in [6.45, 7) is 6.82. The standard InChI is InChI=1S/3C20H40O2.Pr/c3*1-2-3-4-5-6-7-8-9-10-11-12-13-14-15-16-17-18-19-20(21)22;/h3*2-19H2,1H3,(H,21,22);/q;;;+3/p-3. The normalized spacial score (nSPS) is 10.8. The van der Waals surface area contributed by atoms with Gasteiger partial charge in [-0.3, -0.25) is 0 Å². The number of hydrogen-bond donors (Lipinski definition) is 0. The van der Waals surface area contributed by atoms with E-state index < -0.39 is 17.9 Å².